The molecule has 0 atom stereocenters. The van der Waals surface area contributed by atoms with Gasteiger partial charge in [-0.2, -0.15) is 0 Å². The standard InChI is InChI=1S/C22H32ClN7/c1-30-10-7-15(8-11-30)13-26-20-12-16(6-9-25-20)21-19(23)14-27-22(29-21)28-18-4-2-17(24)3-5-18/h6,9,12,14-15,17-18H,2-5,7-8,10-11,13,24H2,1H3,(H,25,26)(H,27,28,29). The van der Waals surface area contributed by atoms with Gasteiger partial charge in [0.15, 0.2) is 0 Å². The van der Waals surface area contributed by atoms with Crippen molar-refractivity contribution in [1.82, 2.24) is 19.9 Å². The molecular weight excluding hydrogens is 398 g/mol. The molecule has 0 amide bonds. The van der Waals surface area contributed by atoms with Crippen molar-refractivity contribution in [1.29, 1.82) is 0 Å². The molecule has 30 heavy (non-hydrogen) atoms. The molecule has 2 aliphatic rings. The summed E-state index contributed by atoms with van der Waals surface area (Å²) in [4.78, 5) is 16.0. The first-order valence-electron chi connectivity index (χ1n) is 11.0. The smallest absolute Gasteiger partial charge is 0.223 e. The predicted molar refractivity (Wildman–Crippen MR) is 123 cm³/mol. The maximum atomic E-state index is 6.44. The highest BCUT2D eigenvalue weighted by Crippen LogP contribution is 2.28. The second-order valence-electron chi connectivity index (χ2n) is 8.70. The van der Waals surface area contributed by atoms with Gasteiger partial charge in [0.25, 0.3) is 0 Å². The summed E-state index contributed by atoms with van der Waals surface area (Å²) in [6.07, 6.45) is 10.1. The van der Waals surface area contributed by atoms with E-state index in [-0.39, 0.29) is 0 Å². The number of hydrogen-bond donors (Lipinski definition) is 3. The van der Waals surface area contributed by atoms with Gasteiger partial charge in [0.05, 0.1) is 16.9 Å². The largest absolute Gasteiger partial charge is 0.370 e. The molecule has 2 aromatic rings. The van der Waals surface area contributed by atoms with E-state index in [1.54, 1.807) is 12.4 Å². The van der Waals surface area contributed by atoms with Crippen molar-refractivity contribution in [3.8, 4) is 11.3 Å². The highest BCUT2D eigenvalue weighted by molar-refractivity contribution is 6.32. The average Bonchev–Trinajstić information content (AvgIpc) is 2.76. The number of likely N-dealkylation sites (tertiary alicyclic amines) is 1. The summed E-state index contributed by atoms with van der Waals surface area (Å²) in [7, 11) is 2.19. The second kappa shape index (κ2) is 9.90. The van der Waals surface area contributed by atoms with Crippen molar-refractivity contribution in [3.05, 3.63) is 29.5 Å². The third-order valence-corrected chi connectivity index (χ3v) is 6.57. The van der Waals surface area contributed by atoms with Gasteiger partial charge in [-0.1, -0.05) is 11.6 Å². The Kier molecular flexibility index (Phi) is 7.02. The predicted octanol–water partition coefficient (Wildman–Crippen LogP) is 3.63. The Morgan fingerprint density at radius 3 is 2.67 bits per heavy atom. The number of rotatable bonds is 6. The summed E-state index contributed by atoms with van der Waals surface area (Å²) in [5.74, 6) is 2.16. The molecule has 4 N–H and O–H groups in total. The quantitative estimate of drug-likeness (QED) is 0.645. The maximum Gasteiger partial charge on any atom is 0.223 e. The highest BCUT2D eigenvalue weighted by atomic mass is 35.5. The van der Waals surface area contributed by atoms with Crippen LogP contribution in [0.2, 0.25) is 5.02 Å². The topological polar surface area (TPSA) is 92.0 Å². The summed E-state index contributed by atoms with van der Waals surface area (Å²) < 4.78 is 0. The molecule has 1 aliphatic carbocycles. The molecule has 8 heteroatoms. The van der Waals surface area contributed by atoms with E-state index in [4.69, 9.17) is 22.3 Å². The van der Waals surface area contributed by atoms with Crippen LogP contribution in [0, 0.1) is 5.92 Å². The SMILES string of the molecule is CN1CCC(CNc2cc(-c3nc(NC4CCC(N)CC4)ncc3Cl)ccn2)CC1. The van der Waals surface area contributed by atoms with Crippen LogP contribution in [0.1, 0.15) is 38.5 Å². The number of nitrogens with zero attached hydrogens (tertiary/aromatic N) is 4. The Labute approximate surface area is 183 Å². The van der Waals surface area contributed by atoms with Gasteiger partial charge in [0, 0.05) is 30.4 Å². The summed E-state index contributed by atoms with van der Waals surface area (Å²) in [5, 5.41) is 7.49. The number of anilines is 2. The molecule has 0 spiro atoms. The minimum atomic E-state index is 0.321. The van der Waals surface area contributed by atoms with Crippen LogP contribution < -0.4 is 16.4 Å². The average molecular weight is 430 g/mol. The van der Waals surface area contributed by atoms with Crippen LogP contribution in [0.3, 0.4) is 0 Å². The Morgan fingerprint density at radius 1 is 1.13 bits per heavy atom. The van der Waals surface area contributed by atoms with Crippen molar-refractivity contribution >= 4 is 23.4 Å². The highest BCUT2D eigenvalue weighted by Gasteiger charge is 2.20. The molecule has 1 saturated carbocycles. The first kappa shape index (κ1) is 21.3. The normalized spacial score (nSPS) is 23.3. The molecule has 0 bridgehead atoms. The molecule has 3 heterocycles. The van der Waals surface area contributed by atoms with Gasteiger partial charge in [-0.15, -0.1) is 0 Å². The molecule has 0 radical (unpaired) electrons. The van der Waals surface area contributed by atoms with E-state index in [0.29, 0.717) is 29.0 Å². The molecule has 0 unspecified atom stereocenters. The van der Waals surface area contributed by atoms with Gasteiger partial charge in [-0.05, 0) is 76.7 Å². The van der Waals surface area contributed by atoms with Gasteiger partial charge in [0.1, 0.15) is 5.82 Å². The molecule has 1 aliphatic heterocycles. The Hall–Kier alpha value is -1.96. The van der Waals surface area contributed by atoms with Crippen LogP contribution in [0.25, 0.3) is 11.3 Å². The number of piperidine rings is 1. The molecular formula is C22H32ClN7. The van der Waals surface area contributed by atoms with Gasteiger partial charge in [0.2, 0.25) is 5.95 Å². The van der Waals surface area contributed by atoms with Gasteiger partial charge in [-0.25, -0.2) is 15.0 Å². The van der Waals surface area contributed by atoms with E-state index in [0.717, 1.165) is 49.3 Å². The molecule has 2 aromatic heterocycles. The van der Waals surface area contributed by atoms with Crippen molar-refractivity contribution in [2.45, 2.75) is 50.6 Å². The Morgan fingerprint density at radius 2 is 1.90 bits per heavy atom. The fourth-order valence-electron chi connectivity index (χ4n) is 4.27. The molecule has 4 rings (SSSR count). The van der Waals surface area contributed by atoms with Crippen LogP contribution >= 0.6 is 11.6 Å². The van der Waals surface area contributed by atoms with E-state index in [1.807, 2.05) is 12.1 Å². The van der Waals surface area contributed by atoms with E-state index < -0.39 is 0 Å². The lowest BCUT2D eigenvalue weighted by atomic mass is 9.92. The lowest BCUT2D eigenvalue weighted by Gasteiger charge is -2.29. The van der Waals surface area contributed by atoms with Crippen LogP contribution in [-0.2, 0) is 0 Å². The number of halogens is 1. The fraction of sp³-hybridized carbons (Fsp3) is 0.591. The van der Waals surface area contributed by atoms with Crippen molar-refractivity contribution < 1.29 is 0 Å². The van der Waals surface area contributed by atoms with E-state index in [9.17, 15) is 0 Å². The van der Waals surface area contributed by atoms with Crippen molar-refractivity contribution in [2.75, 3.05) is 37.3 Å². The zero-order valence-corrected chi connectivity index (χ0v) is 18.4. The summed E-state index contributed by atoms with van der Waals surface area (Å²) >= 11 is 6.44. The monoisotopic (exact) mass is 429 g/mol. The lowest BCUT2D eigenvalue weighted by molar-refractivity contribution is 0.226. The maximum absolute atomic E-state index is 6.44. The summed E-state index contributed by atoms with van der Waals surface area (Å²) in [5.41, 5.74) is 7.68. The number of nitrogens with one attached hydrogen (secondary N) is 2. The minimum Gasteiger partial charge on any atom is -0.370 e. The molecule has 7 nitrogen and oxygen atoms in total. The van der Waals surface area contributed by atoms with Crippen LogP contribution in [-0.4, -0.2) is 58.6 Å². The zero-order valence-electron chi connectivity index (χ0n) is 17.6. The summed E-state index contributed by atoms with van der Waals surface area (Å²) in [6.45, 7) is 3.27. The van der Waals surface area contributed by atoms with Crippen LogP contribution in [0.4, 0.5) is 11.8 Å². The van der Waals surface area contributed by atoms with E-state index in [1.165, 1.54) is 25.9 Å². The van der Waals surface area contributed by atoms with Crippen molar-refractivity contribution in [3.63, 3.8) is 0 Å². The van der Waals surface area contributed by atoms with E-state index >= 15 is 0 Å². The summed E-state index contributed by atoms with van der Waals surface area (Å²) in [6, 6.07) is 4.65. The second-order valence-corrected chi connectivity index (χ2v) is 9.11. The van der Waals surface area contributed by atoms with Gasteiger partial charge < -0.3 is 21.3 Å². The van der Waals surface area contributed by atoms with Crippen LogP contribution in [0.15, 0.2) is 24.5 Å². The third-order valence-electron chi connectivity index (χ3n) is 6.29. The van der Waals surface area contributed by atoms with Gasteiger partial charge >= 0.3 is 0 Å². The first-order valence-corrected chi connectivity index (χ1v) is 11.4. The Balaban J connectivity index is 1.42. The number of pyridine rings is 1. The number of hydrogen-bond acceptors (Lipinski definition) is 7. The molecule has 2 fully saturated rings. The van der Waals surface area contributed by atoms with Gasteiger partial charge in [-0.3, -0.25) is 0 Å². The third kappa shape index (κ3) is 5.59. The number of nitrogens with two attached hydrogens (primary N) is 1. The molecule has 0 aromatic carbocycles. The first-order chi connectivity index (χ1) is 14.6. The van der Waals surface area contributed by atoms with Crippen molar-refractivity contribution in [2.24, 2.45) is 11.7 Å². The minimum absolute atomic E-state index is 0.321. The molecule has 162 valence electrons. The molecule has 1 saturated heterocycles. The fourth-order valence-corrected chi connectivity index (χ4v) is 4.47. The lowest BCUT2D eigenvalue weighted by Crippen LogP contribution is -2.33. The Bertz CT molecular complexity index is 830. The van der Waals surface area contributed by atoms with Crippen LogP contribution in [0.5, 0.6) is 0 Å². The number of aromatic nitrogens is 3. The van der Waals surface area contributed by atoms with E-state index in [2.05, 4.69) is 32.5 Å². The zero-order chi connectivity index (χ0) is 20.9.